The van der Waals surface area contributed by atoms with Gasteiger partial charge in [-0.1, -0.05) is 79.7 Å². The van der Waals surface area contributed by atoms with Gasteiger partial charge in [-0.15, -0.1) is 0 Å². The maximum absolute atomic E-state index is 13.0. The van der Waals surface area contributed by atoms with Crippen LogP contribution in [-0.4, -0.2) is 12.5 Å². The third-order valence-electron chi connectivity index (χ3n) is 8.73. The molecule has 2 aliphatic rings. The first-order chi connectivity index (χ1) is 15.2. The van der Waals surface area contributed by atoms with Gasteiger partial charge in [-0.25, -0.2) is 0 Å². The minimum atomic E-state index is 0.0383. The normalized spacial score (nSPS) is 21.6. The van der Waals surface area contributed by atoms with E-state index in [1.165, 1.54) is 47.1 Å². The summed E-state index contributed by atoms with van der Waals surface area (Å²) in [6.07, 6.45) is 5.66. The first kappa shape index (κ1) is 24.0. The molecule has 0 aromatic heterocycles. The van der Waals surface area contributed by atoms with E-state index in [1.54, 1.807) is 0 Å². The van der Waals surface area contributed by atoms with Crippen LogP contribution < -0.4 is 5.32 Å². The first-order valence-electron chi connectivity index (χ1n) is 12.8. The zero-order valence-corrected chi connectivity index (χ0v) is 22.1. The fourth-order valence-electron chi connectivity index (χ4n) is 5.94. The molecule has 0 saturated heterocycles. The molecular formula is C31H43NO. The van der Waals surface area contributed by atoms with Crippen LogP contribution in [0.5, 0.6) is 0 Å². The Kier molecular flexibility index (Phi) is 5.83. The van der Waals surface area contributed by atoms with Crippen molar-refractivity contribution in [3.8, 4) is 0 Å². The van der Waals surface area contributed by atoms with E-state index in [-0.39, 0.29) is 27.6 Å². The Labute approximate surface area is 201 Å². The summed E-state index contributed by atoms with van der Waals surface area (Å²) in [7, 11) is 0. The molecule has 0 aliphatic heterocycles. The van der Waals surface area contributed by atoms with Crippen molar-refractivity contribution < 1.29 is 4.79 Å². The fraction of sp³-hybridized carbons (Fsp3) is 0.581. The Balaban J connectivity index is 1.47. The standard InChI is InChI=1S/C31H43NO/c1-28(2)14-16-30(5,6)25-19-21(9-11-23(25)28)13-18-32-27(33)22-10-12-24-26(20-22)31(7,8)17-15-29(24,3)4/h9-12,19-20H,13-18H2,1-8H3,(H,32,33). The summed E-state index contributed by atoms with van der Waals surface area (Å²) < 4.78 is 0. The molecule has 2 nitrogen and oxygen atoms in total. The molecule has 1 N–H and O–H groups in total. The van der Waals surface area contributed by atoms with Gasteiger partial charge in [0, 0.05) is 12.1 Å². The van der Waals surface area contributed by atoms with Crippen molar-refractivity contribution in [2.24, 2.45) is 0 Å². The topological polar surface area (TPSA) is 29.1 Å². The van der Waals surface area contributed by atoms with Gasteiger partial charge < -0.3 is 5.32 Å². The highest BCUT2D eigenvalue weighted by molar-refractivity contribution is 5.94. The number of hydrogen-bond acceptors (Lipinski definition) is 1. The lowest BCUT2D eigenvalue weighted by atomic mass is 9.63. The van der Waals surface area contributed by atoms with Gasteiger partial charge in [-0.05, 0) is 93.7 Å². The molecule has 0 saturated carbocycles. The lowest BCUT2D eigenvalue weighted by Crippen LogP contribution is -2.35. The molecule has 2 aromatic rings. The van der Waals surface area contributed by atoms with Gasteiger partial charge >= 0.3 is 0 Å². The summed E-state index contributed by atoms with van der Waals surface area (Å²) in [6, 6.07) is 13.3. The molecule has 4 rings (SSSR count). The van der Waals surface area contributed by atoms with Crippen molar-refractivity contribution in [1.82, 2.24) is 5.32 Å². The van der Waals surface area contributed by atoms with Crippen molar-refractivity contribution in [2.75, 3.05) is 6.54 Å². The van der Waals surface area contributed by atoms with E-state index in [4.69, 9.17) is 0 Å². The van der Waals surface area contributed by atoms with Crippen LogP contribution in [0.4, 0.5) is 0 Å². The van der Waals surface area contributed by atoms with E-state index in [0.29, 0.717) is 6.54 Å². The van der Waals surface area contributed by atoms with Crippen LogP contribution in [0, 0.1) is 0 Å². The molecule has 33 heavy (non-hydrogen) atoms. The molecule has 0 bridgehead atoms. The number of carbonyl (C=O) groups is 1. The average molecular weight is 446 g/mol. The second kappa shape index (κ2) is 8.00. The van der Waals surface area contributed by atoms with Gasteiger partial charge in [0.25, 0.3) is 5.91 Å². The fourth-order valence-corrected chi connectivity index (χ4v) is 5.94. The van der Waals surface area contributed by atoms with E-state index in [2.05, 4.69) is 91.0 Å². The molecule has 0 heterocycles. The molecular weight excluding hydrogens is 402 g/mol. The zero-order chi connectivity index (χ0) is 24.2. The Bertz CT molecular complexity index is 1070. The number of carbonyl (C=O) groups excluding carboxylic acids is 1. The van der Waals surface area contributed by atoms with Gasteiger partial charge in [0.2, 0.25) is 0 Å². The van der Waals surface area contributed by atoms with Crippen molar-refractivity contribution in [3.63, 3.8) is 0 Å². The number of hydrogen-bond donors (Lipinski definition) is 1. The molecule has 0 fully saturated rings. The second-order valence-corrected chi connectivity index (χ2v) is 13.2. The number of nitrogens with one attached hydrogen (secondary N) is 1. The van der Waals surface area contributed by atoms with Crippen LogP contribution in [0.1, 0.15) is 119 Å². The van der Waals surface area contributed by atoms with E-state index < -0.39 is 0 Å². The molecule has 2 aromatic carbocycles. The predicted molar refractivity (Wildman–Crippen MR) is 139 cm³/mol. The Morgan fingerprint density at radius 2 is 1.12 bits per heavy atom. The quantitative estimate of drug-likeness (QED) is 0.523. The summed E-state index contributed by atoms with van der Waals surface area (Å²) in [4.78, 5) is 13.0. The Hall–Kier alpha value is -2.09. The van der Waals surface area contributed by atoms with Crippen LogP contribution in [-0.2, 0) is 28.1 Å². The largest absolute Gasteiger partial charge is 0.352 e. The third-order valence-corrected chi connectivity index (χ3v) is 8.73. The maximum atomic E-state index is 13.0. The van der Waals surface area contributed by atoms with Crippen molar-refractivity contribution in [3.05, 3.63) is 69.8 Å². The maximum Gasteiger partial charge on any atom is 0.251 e. The minimum Gasteiger partial charge on any atom is -0.352 e. The minimum absolute atomic E-state index is 0.0383. The lowest BCUT2D eigenvalue weighted by Gasteiger charge is -2.42. The summed E-state index contributed by atoms with van der Waals surface area (Å²) in [5, 5.41) is 3.18. The summed E-state index contributed by atoms with van der Waals surface area (Å²) in [5.41, 5.74) is 8.56. The lowest BCUT2D eigenvalue weighted by molar-refractivity contribution is 0.0953. The molecule has 0 spiro atoms. The smallest absolute Gasteiger partial charge is 0.251 e. The molecule has 1 amide bonds. The van der Waals surface area contributed by atoms with Crippen molar-refractivity contribution in [1.29, 1.82) is 0 Å². The van der Waals surface area contributed by atoms with Gasteiger partial charge in [0.05, 0.1) is 0 Å². The van der Waals surface area contributed by atoms with Gasteiger partial charge in [0.1, 0.15) is 0 Å². The number of rotatable bonds is 4. The van der Waals surface area contributed by atoms with Gasteiger partial charge in [0.15, 0.2) is 0 Å². The molecule has 2 heteroatoms. The highest BCUT2D eigenvalue weighted by Gasteiger charge is 2.38. The van der Waals surface area contributed by atoms with E-state index in [9.17, 15) is 4.79 Å². The number of amides is 1. The summed E-state index contributed by atoms with van der Waals surface area (Å²) in [5.74, 6) is 0.0383. The second-order valence-electron chi connectivity index (χ2n) is 13.2. The molecule has 0 unspecified atom stereocenters. The van der Waals surface area contributed by atoms with E-state index >= 15 is 0 Å². The van der Waals surface area contributed by atoms with Crippen LogP contribution in [0.3, 0.4) is 0 Å². The van der Waals surface area contributed by atoms with Crippen LogP contribution >= 0.6 is 0 Å². The van der Waals surface area contributed by atoms with E-state index in [0.717, 1.165) is 18.4 Å². The Morgan fingerprint density at radius 3 is 1.67 bits per heavy atom. The molecule has 178 valence electrons. The third kappa shape index (κ3) is 4.51. The molecule has 0 atom stereocenters. The highest BCUT2D eigenvalue weighted by Crippen LogP contribution is 2.47. The Morgan fingerprint density at radius 1 is 0.667 bits per heavy atom. The highest BCUT2D eigenvalue weighted by atomic mass is 16.1. The van der Waals surface area contributed by atoms with Gasteiger partial charge in [-0.3, -0.25) is 4.79 Å². The SMILES string of the molecule is CC1(C)CCC(C)(C)c2cc(CCNC(=O)c3ccc4c(c3)C(C)(C)CCC4(C)C)ccc21. The van der Waals surface area contributed by atoms with E-state index in [1.807, 2.05) is 6.07 Å². The average Bonchev–Trinajstić information content (AvgIpc) is 2.74. The van der Waals surface area contributed by atoms with Crippen LogP contribution in [0.25, 0.3) is 0 Å². The van der Waals surface area contributed by atoms with Crippen molar-refractivity contribution in [2.45, 2.75) is 109 Å². The number of fused-ring (bicyclic) bond motifs is 2. The monoisotopic (exact) mass is 445 g/mol. The summed E-state index contributed by atoms with van der Waals surface area (Å²) in [6.45, 7) is 19.4. The molecule has 0 radical (unpaired) electrons. The first-order valence-corrected chi connectivity index (χ1v) is 12.8. The van der Waals surface area contributed by atoms with Crippen molar-refractivity contribution >= 4 is 5.91 Å². The predicted octanol–water partition coefficient (Wildman–Crippen LogP) is 7.36. The van der Waals surface area contributed by atoms with Gasteiger partial charge in [-0.2, -0.15) is 0 Å². The zero-order valence-electron chi connectivity index (χ0n) is 22.1. The van der Waals surface area contributed by atoms with Crippen LogP contribution in [0.2, 0.25) is 0 Å². The number of benzene rings is 2. The summed E-state index contributed by atoms with van der Waals surface area (Å²) >= 11 is 0. The molecule has 2 aliphatic carbocycles. The van der Waals surface area contributed by atoms with Crippen LogP contribution in [0.15, 0.2) is 36.4 Å².